The van der Waals surface area contributed by atoms with E-state index in [0.717, 1.165) is 40.3 Å². The van der Waals surface area contributed by atoms with Gasteiger partial charge in [0.05, 0.1) is 8.07 Å². The first kappa shape index (κ1) is 33.0. The molecule has 46 heavy (non-hydrogen) atoms. The molecule has 0 N–H and O–H groups in total. The fourth-order valence-electron chi connectivity index (χ4n) is 7.40. The maximum absolute atomic E-state index is 4.76. The van der Waals surface area contributed by atoms with Crippen LogP contribution in [0.4, 0.5) is 0 Å². The van der Waals surface area contributed by atoms with E-state index in [1.165, 1.54) is 75.0 Å². The van der Waals surface area contributed by atoms with Crippen molar-refractivity contribution in [2.24, 2.45) is 17.8 Å². The van der Waals surface area contributed by atoms with Crippen molar-refractivity contribution in [3.8, 4) is 22.5 Å². The monoisotopic (exact) mass is 815 g/mol. The van der Waals surface area contributed by atoms with Crippen molar-refractivity contribution >= 4 is 44.8 Å². The first-order valence-corrected chi connectivity index (χ1v) is 20.9. The fraction of sp³-hybridized carbons (Fsp3) is 0.317. The summed E-state index contributed by atoms with van der Waals surface area (Å²) >= 11 is 1.87. The van der Waals surface area contributed by atoms with Crippen LogP contribution in [-0.4, -0.2) is 18.0 Å². The minimum atomic E-state index is -1.23. The standard InChI is InChI=1S/C27H26NS.C14H16NSi.Ir/c1-17-5-10-26-24(13-17)22-3-2-4-23(27(22)29-26)25-16-19(11-12-28-25)15-21-14-18-6-8-20(21)9-7-18;1-16(2,3)13-9-10-14(15-11-13)12-7-5-4-6-8-12;/h2-3,5,10-13,16,18,20-21H,6-9,14-15H2,1H3;4-7,9-11H,1-3H3;/q2*-1;. The first-order chi connectivity index (χ1) is 21.8. The molecule has 2 bridgehead atoms. The maximum Gasteiger partial charge on any atom is 0.0795 e. The van der Waals surface area contributed by atoms with Crippen LogP contribution in [0.2, 0.25) is 19.6 Å². The number of benzene rings is 3. The molecule has 0 aliphatic heterocycles. The van der Waals surface area contributed by atoms with E-state index in [4.69, 9.17) is 4.98 Å². The number of rotatable bonds is 5. The van der Waals surface area contributed by atoms with Gasteiger partial charge in [-0.1, -0.05) is 79.3 Å². The Morgan fingerprint density at radius 2 is 1.67 bits per heavy atom. The normalized spacial score (nSPS) is 19.0. The zero-order chi connectivity index (χ0) is 31.0. The number of thiophene rings is 1. The van der Waals surface area contributed by atoms with E-state index >= 15 is 0 Å². The van der Waals surface area contributed by atoms with Crippen molar-refractivity contribution in [3.63, 3.8) is 0 Å². The predicted molar refractivity (Wildman–Crippen MR) is 195 cm³/mol. The zero-order valence-corrected chi connectivity index (χ0v) is 31.5. The van der Waals surface area contributed by atoms with Crippen LogP contribution in [0.1, 0.15) is 43.2 Å². The van der Waals surface area contributed by atoms with Crippen LogP contribution in [0.3, 0.4) is 0 Å². The molecule has 3 fully saturated rings. The van der Waals surface area contributed by atoms with E-state index in [1.54, 1.807) is 0 Å². The molecular formula is C41H42IrN2SSi-2. The molecule has 3 aromatic heterocycles. The van der Waals surface area contributed by atoms with Crippen molar-refractivity contribution in [1.82, 2.24) is 9.97 Å². The molecule has 0 saturated heterocycles. The number of fused-ring (bicyclic) bond motifs is 6. The second-order valence-corrected chi connectivity index (χ2v) is 20.3. The first-order valence-electron chi connectivity index (χ1n) is 16.5. The summed E-state index contributed by atoms with van der Waals surface area (Å²) in [7, 11) is -1.23. The van der Waals surface area contributed by atoms with Crippen LogP contribution in [0.15, 0.2) is 91.3 Å². The Balaban J connectivity index is 0.000000187. The van der Waals surface area contributed by atoms with Gasteiger partial charge in [-0.2, -0.15) is 11.3 Å². The molecule has 5 heteroatoms. The molecule has 2 nitrogen and oxygen atoms in total. The van der Waals surface area contributed by atoms with Crippen LogP contribution in [0, 0.1) is 36.8 Å². The molecule has 0 amide bonds. The summed E-state index contributed by atoms with van der Waals surface area (Å²) in [6.07, 6.45) is 12.6. The smallest absolute Gasteiger partial charge is 0.0795 e. The molecule has 3 heterocycles. The van der Waals surface area contributed by atoms with E-state index in [2.05, 4.69) is 98.3 Å². The Morgan fingerprint density at radius 1 is 0.826 bits per heavy atom. The molecule has 0 spiro atoms. The molecule has 3 aliphatic carbocycles. The predicted octanol–water partition coefficient (Wildman–Crippen LogP) is 10.7. The molecule has 1 atom stereocenters. The van der Waals surface area contributed by atoms with E-state index in [9.17, 15) is 0 Å². The number of hydrogen-bond donors (Lipinski definition) is 0. The van der Waals surface area contributed by atoms with Gasteiger partial charge in [-0.3, -0.25) is 0 Å². The van der Waals surface area contributed by atoms with E-state index in [0.29, 0.717) is 0 Å². The quantitative estimate of drug-likeness (QED) is 0.128. The van der Waals surface area contributed by atoms with Crippen LogP contribution in [0.5, 0.6) is 0 Å². The third kappa shape index (κ3) is 7.14. The average Bonchev–Trinajstić information content (AvgIpc) is 3.44. The number of aromatic nitrogens is 2. The molecule has 237 valence electrons. The molecule has 6 aromatic rings. The number of nitrogens with zero attached hydrogens (tertiary/aromatic N) is 2. The molecule has 3 saturated carbocycles. The Bertz CT molecular complexity index is 1920. The fourth-order valence-corrected chi connectivity index (χ4v) is 9.63. The number of hydrogen-bond acceptors (Lipinski definition) is 3. The maximum atomic E-state index is 4.76. The minimum absolute atomic E-state index is 0. The molecule has 1 unspecified atom stereocenters. The number of pyridine rings is 2. The Kier molecular flexibility index (Phi) is 10.1. The Labute approximate surface area is 293 Å². The van der Waals surface area contributed by atoms with Gasteiger partial charge in [0.15, 0.2) is 0 Å². The van der Waals surface area contributed by atoms with Crippen LogP contribution in [-0.2, 0) is 26.5 Å². The summed E-state index contributed by atoms with van der Waals surface area (Å²) in [5.41, 5.74) is 7.07. The van der Waals surface area contributed by atoms with Gasteiger partial charge < -0.3 is 9.97 Å². The summed E-state index contributed by atoms with van der Waals surface area (Å²) in [4.78, 5) is 9.28. The van der Waals surface area contributed by atoms with Crippen molar-refractivity contribution in [3.05, 3.63) is 115 Å². The second-order valence-electron chi connectivity index (χ2n) is 14.2. The van der Waals surface area contributed by atoms with E-state index in [-0.39, 0.29) is 20.1 Å². The summed E-state index contributed by atoms with van der Waals surface area (Å²) in [6, 6.07) is 34.6. The van der Waals surface area contributed by atoms with Crippen molar-refractivity contribution in [2.45, 2.75) is 65.1 Å². The van der Waals surface area contributed by atoms with Crippen molar-refractivity contribution in [2.75, 3.05) is 0 Å². The third-order valence-corrected chi connectivity index (χ3v) is 13.2. The molecule has 1 radical (unpaired) electrons. The SMILES string of the molecule is C[Si](C)(C)c1ccc(-c2[c-]cccc2)nc1.Cc1ccc2sc3c(-c4cc(CC5CC6CCC5CC6)ccn4)[c-]ccc3c2c1.[Ir]. The van der Waals surface area contributed by atoms with Crippen molar-refractivity contribution < 1.29 is 20.1 Å². The average molecular weight is 815 g/mol. The zero-order valence-electron chi connectivity index (χ0n) is 27.3. The minimum Gasteiger partial charge on any atom is -0.305 e. The Morgan fingerprint density at radius 3 is 2.37 bits per heavy atom. The van der Waals surface area contributed by atoms with Gasteiger partial charge in [0.25, 0.3) is 0 Å². The third-order valence-electron chi connectivity index (χ3n) is 9.97. The van der Waals surface area contributed by atoms with Crippen molar-refractivity contribution in [1.29, 1.82) is 0 Å². The van der Waals surface area contributed by atoms with Gasteiger partial charge in [0, 0.05) is 37.2 Å². The van der Waals surface area contributed by atoms with Crippen LogP contribution >= 0.6 is 11.3 Å². The molecule has 9 rings (SSSR count). The van der Waals surface area contributed by atoms with Gasteiger partial charge in [0.2, 0.25) is 0 Å². The van der Waals surface area contributed by atoms with E-state index < -0.39 is 8.07 Å². The molecule has 3 aliphatic rings. The van der Waals surface area contributed by atoms with Crippen LogP contribution < -0.4 is 5.19 Å². The van der Waals surface area contributed by atoms with Gasteiger partial charge in [-0.25, -0.2) is 0 Å². The summed E-state index contributed by atoms with van der Waals surface area (Å²) in [6.45, 7) is 9.16. The largest absolute Gasteiger partial charge is 0.305 e. The van der Waals surface area contributed by atoms with Gasteiger partial charge in [-0.15, -0.1) is 59.7 Å². The summed E-state index contributed by atoms with van der Waals surface area (Å²) in [5.74, 6) is 2.83. The Hall–Kier alpha value is -2.95. The number of aryl methyl sites for hydroxylation is 1. The molecule has 3 aromatic carbocycles. The van der Waals surface area contributed by atoms with Gasteiger partial charge in [0.1, 0.15) is 0 Å². The summed E-state index contributed by atoms with van der Waals surface area (Å²) in [5, 5.41) is 4.08. The topological polar surface area (TPSA) is 25.8 Å². The second kappa shape index (κ2) is 14.0. The van der Waals surface area contributed by atoms with Gasteiger partial charge >= 0.3 is 0 Å². The molecular weight excluding hydrogens is 773 g/mol. The van der Waals surface area contributed by atoms with Crippen LogP contribution in [0.25, 0.3) is 42.7 Å². The van der Waals surface area contributed by atoms with Gasteiger partial charge in [-0.05, 0) is 89.2 Å². The summed E-state index contributed by atoms with van der Waals surface area (Å²) < 4.78 is 2.66. The van der Waals surface area contributed by atoms with E-state index in [1.807, 2.05) is 48.0 Å².